The zero-order valence-electron chi connectivity index (χ0n) is 9.47. The van der Waals surface area contributed by atoms with Crippen LogP contribution in [0.1, 0.15) is 35.4 Å². The lowest BCUT2D eigenvalue weighted by molar-refractivity contribution is -0.141. The van der Waals surface area contributed by atoms with Crippen LogP contribution in [0.4, 0.5) is 0 Å². The molecule has 0 aromatic carbocycles. The van der Waals surface area contributed by atoms with Gasteiger partial charge >= 0.3 is 5.97 Å². The molecule has 0 aliphatic heterocycles. The molecule has 0 bridgehead atoms. The third-order valence-electron chi connectivity index (χ3n) is 3.07. The first kappa shape index (κ1) is 11.6. The van der Waals surface area contributed by atoms with E-state index >= 15 is 0 Å². The topological polar surface area (TPSA) is 92.4 Å². The van der Waals surface area contributed by atoms with Crippen molar-refractivity contribution in [3.05, 3.63) is 17.5 Å². The van der Waals surface area contributed by atoms with Crippen LogP contribution >= 0.6 is 0 Å². The first-order valence-electron chi connectivity index (χ1n) is 5.53. The van der Waals surface area contributed by atoms with E-state index in [-0.39, 0.29) is 23.6 Å². The number of carbonyl (C=O) groups excluding carboxylic acids is 1. The molecule has 1 aliphatic carbocycles. The highest BCUT2D eigenvalue weighted by Gasteiger charge is 2.31. The van der Waals surface area contributed by atoms with Gasteiger partial charge < -0.3 is 14.9 Å². The van der Waals surface area contributed by atoms with E-state index < -0.39 is 5.97 Å². The van der Waals surface area contributed by atoms with Crippen molar-refractivity contribution in [2.45, 2.75) is 32.2 Å². The first-order valence-corrected chi connectivity index (χ1v) is 5.53. The van der Waals surface area contributed by atoms with Gasteiger partial charge in [-0.3, -0.25) is 9.59 Å². The number of aryl methyl sites for hydroxylation is 1. The molecular weight excluding hydrogens is 224 g/mol. The summed E-state index contributed by atoms with van der Waals surface area (Å²) >= 11 is 0. The van der Waals surface area contributed by atoms with Crippen molar-refractivity contribution in [3.63, 3.8) is 0 Å². The van der Waals surface area contributed by atoms with Crippen molar-refractivity contribution < 1.29 is 19.2 Å². The van der Waals surface area contributed by atoms with Crippen LogP contribution in [0.15, 0.2) is 10.7 Å². The van der Waals surface area contributed by atoms with E-state index in [1.807, 2.05) is 0 Å². The van der Waals surface area contributed by atoms with Crippen LogP contribution in [-0.2, 0) is 4.79 Å². The number of aromatic nitrogens is 1. The Kier molecular flexibility index (Phi) is 3.12. The average molecular weight is 238 g/mol. The van der Waals surface area contributed by atoms with Crippen molar-refractivity contribution >= 4 is 11.9 Å². The molecule has 6 nitrogen and oxygen atoms in total. The monoisotopic (exact) mass is 238 g/mol. The quantitative estimate of drug-likeness (QED) is 0.818. The molecule has 6 heteroatoms. The maximum Gasteiger partial charge on any atom is 0.306 e. The van der Waals surface area contributed by atoms with E-state index in [2.05, 4.69) is 10.5 Å². The molecule has 92 valence electrons. The van der Waals surface area contributed by atoms with Crippen molar-refractivity contribution in [1.82, 2.24) is 10.5 Å². The van der Waals surface area contributed by atoms with E-state index in [1.54, 1.807) is 6.92 Å². The van der Waals surface area contributed by atoms with Gasteiger partial charge in [0.15, 0.2) is 0 Å². The number of rotatable bonds is 3. The van der Waals surface area contributed by atoms with Gasteiger partial charge in [0.2, 0.25) is 5.76 Å². The van der Waals surface area contributed by atoms with Crippen LogP contribution in [0.25, 0.3) is 0 Å². The maximum absolute atomic E-state index is 11.8. The predicted molar refractivity (Wildman–Crippen MR) is 57.5 cm³/mol. The number of carbonyl (C=O) groups is 2. The second-order valence-corrected chi connectivity index (χ2v) is 4.36. The summed E-state index contributed by atoms with van der Waals surface area (Å²) in [6.45, 7) is 1.74. The Morgan fingerprint density at radius 2 is 2.29 bits per heavy atom. The molecule has 0 radical (unpaired) electrons. The molecule has 2 N–H and O–H groups in total. The van der Waals surface area contributed by atoms with Gasteiger partial charge in [-0.2, -0.15) is 0 Å². The number of amides is 1. The van der Waals surface area contributed by atoms with Crippen molar-refractivity contribution in [3.8, 4) is 0 Å². The van der Waals surface area contributed by atoms with E-state index in [0.29, 0.717) is 24.8 Å². The zero-order valence-corrected chi connectivity index (χ0v) is 9.47. The molecular formula is C11H14N2O4. The van der Waals surface area contributed by atoms with Crippen molar-refractivity contribution in [1.29, 1.82) is 0 Å². The summed E-state index contributed by atoms with van der Waals surface area (Å²) < 4.78 is 4.83. The van der Waals surface area contributed by atoms with Crippen LogP contribution in [0, 0.1) is 12.8 Å². The van der Waals surface area contributed by atoms with Gasteiger partial charge in [0, 0.05) is 11.6 Å². The van der Waals surface area contributed by atoms with Crippen LogP contribution < -0.4 is 5.32 Å². The molecule has 1 heterocycles. The molecule has 0 unspecified atom stereocenters. The molecule has 1 fully saturated rings. The summed E-state index contributed by atoms with van der Waals surface area (Å²) in [5, 5.41) is 15.2. The van der Waals surface area contributed by atoms with Gasteiger partial charge in [-0.25, -0.2) is 0 Å². The molecule has 0 spiro atoms. The SMILES string of the molecule is Cc1cnoc1C(=O)N[C@H]1CC[C@@H](C(=O)O)C1. The minimum absolute atomic E-state index is 0.0897. The van der Waals surface area contributed by atoms with Gasteiger partial charge in [-0.1, -0.05) is 5.16 Å². The maximum atomic E-state index is 11.8. The van der Waals surface area contributed by atoms with Gasteiger partial charge in [0.1, 0.15) is 0 Å². The fourth-order valence-corrected chi connectivity index (χ4v) is 2.10. The van der Waals surface area contributed by atoms with Gasteiger partial charge in [0.25, 0.3) is 5.91 Å². The van der Waals surface area contributed by atoms with Crippen LogP contribution in [0.2, 0.25) is 0 Å². The Balaban J connectivity index is 1.93. The Bertz CT molecular complexity index is 440. The normalized spacial score (nSPS) is 23.6. The Labute approximate surface area is 98.0 Å². The molecule has 2 atom stereocenters. The highest BCUT2D eigenvalue weighted by Crippen LogP contribution is 2.25. The minimum atomic E-state index is -0.794. The summed E-state index contributed by atoms with van der Waals surface area (Å²) in [6.07, 6.45) is 3.25. The number of hydrogen-bond donors (Lipinski definition) is 2. The van der Waals surface area contributed by atoms with Crippen LogP contribution in [0.5, 0.6) is 0 Å². The Morgan fingerprint density at radius 3 is 2.82 bits per heavy atom. The summed E-state index contributed by atoms with van der Waals surface area (Å²) in [6, 6.07) is -0.0897. The number of nitrogens with one attached hydrogen (secondary N) is 1. The fourth-order valence-electron chi connectivity index (χ4n) is 2.10. The Hall–Kier alpha value is -1.85. The van der Waals surface area contributed by atoms with E-state index in [9.17, 15) is 9.59 Å². The largest absolute Gasteiger partial charge is 0.481 e. The number of carboxylic acid groups (broad SMARTS) is 1. The summed E-state index contributed by atoms with van der Waals surface area (Å²) in [7, 11) is 0. The smallest absolute Gasteiger partial charge is 0.306 e. The van der Waals surface area contributed by atoms with Gasteiger partial charge in [-0.15, -0.1) is 0 Å². The molecule has 1 aromatic rings. The molecule has 17 heavy (non-hydrogen) atoms. The zero-order chi connectivity index (χ0) is 12.4. The second-order valence-electron chi connectivity index (χ2n) is 4.36. The molecule has 1 aromatic heterocycles. The summed E-state index contributed by atoms with van der Waals surface area (Å²) in [5.74, 6) is -1.27. The summed E-state index contributed by atoms with van der Waals surface area (Å²) in [4.78, 5) is 22.5. The van der Waals surface area contributed by atoms with Gasteiger partial charge in [-0.05, 0) is 26.2 Å². The van der Waals surface area contributed by atoms with E-state index in [4.69, 9.17) is 9.63 Å². The number of nitrogens with zero attached hydrogens (tertiary/aromatic N) is 1. The lowest BCUT2D eigenvalue weighted by Crippen LogP contribution is -2.33. The second kappa shape index (κ2) is 4.57. The van der Waals surface area contributed by atoms with Gasteiger partial charge in [0.05, 0.1) is 12.1 Å². The average Bonchev–Trinajstić information content (AvgIpc) is 2.86. The fraction of sp³-hybridized carbons (Fsp3) is 0.545. The number of carboxylic acids is 1. The Morgan fingerprint density at radius 1 is 1.53 bits per heavy atom. The third-order valence-corrected chi connectivity index (χ3v) is 3.07. The lowest BCUT2D eigenvalue weighted by Gasteiger charge is -2.10. The standard InChI is InChI=1S/C11H14N2O4/c1-6-5-12-17-9(6)10(14)13-8-3-2-7(4-8)11(15)16/h5,7-8H,2-4H2,1H3,(H,13,14)(H,15,16)/t7-,8+/m1/s1. The highest BCUT2D eigenvalue weighted by molar-refractivity contribution is 5.92. The molecule has 1 amide bonds. The summed E-state index contributed by atoms with van der Waals surface area (Å²) in [5.41, 5.74) is 0.676. The highest BCUT2D eigenvalue weighted by atomic mass is 16.5. The molecule has 1 saturated carbocycles. The first-order chi connectivity index (χ1) is 8.08. The van der Waals surface area contributed by atoms with E-state index in [0.717, 1.165) is 0 Å². The van der Waals surface area contributed by atoms with Crippen LogP contribution in [0.3, 0.4) is 0 Å². The molecule has 0 saturated heterocycles. The third kappa shape index (κ3) is 2.46. The predicted octanol–water partition coefficient (Wildman–Crippen LogP) is 0.966. The van der Waals surface area contributed by atoms with E-state index in [1.165, 1.54) is 6.20 Å². The minimum Gasteiger partial charge on any atom is -0.481 e. The van der Waals surface area contributed by atoms with Crippen molar-refractivity contribution in [2.24, 2.45) is 5.92 Å². The molecule has 1 aliphatic rings. The van der Waals surface area contributed by atoms with Crippen LogP contribution in [-0.4, -0.2) is 28.2 Å². The lowest BCUT2D eigenvalue weighted by atomic mass is 10.1. The molecule has 2 rings (SSSR count). The number of aliphatic carboxylic acids is 1. The van der Waals surface area contributed by atoms with Crippen molar-refractivity contribution in [2.75, 3.05) is 0 Å². The number of hydrogen-bond acceptors (Lipinski definition) is 4.